The summed E-state index contributed by atoms with van der Waals surface area (Å²) < 4.78 is 7.24. The normalized spacial score (nSPS) is 15.8. The SMILES string of the molecule is Cc1cc(C)n(-c2nccnc2N2CCOCC2)n1. The number of rotatable bonds is 2. The lowest BCUT2D eigenvalue weighted by Crippen LogP contribution is -2.37. The molecule has 0 amide bonds. The van der Waals surface area contributed by atoms with E-state index in [4.69, 9.17) is 4.74 Å². The van der Waals surface area contributed by atoms with Gasteiger partial charge in [0.2, 0.25) is 0 Å². The summed E-state index contributed by atoms with van der Waals surface area (Å²) in [6.07, 6.45) is 3.43. The van der Waals surface area contributed by atoms with Gasteiger partial charge in [0, 0.05) is 31.2 Å². The predicted octanol–water partition coefficient (Wildman–Crippen LogP) is 1.12. The molecule has 0 spiro atoms. The molecule has 6 heteroatoms. The smallest absolute Gasteiger partial charge is 0.197 e. The third-order valence-electron chi connectivity index (χ3n) is 3.18. The van der Waals surface area contributed by atoms with Crippen molar-refractivity contribution in [2.24, 2.45) is 0 Å². The predicted molar refractivity (Wildman–Crippen MR) is 71.7 cm³/mol. The van der Waals surface area contributed by atoms with Gasteiger partial charge in [-0.05, 0) is 19.9 Å². The molecule has 0 radical (unpaired) electrons. The molecule has 0 N–H and O–H groups in total. The van der Waals surface area contributed by atoms with Crippen LogP contribution in [-0.2, 0) is 4.74 Å². The molecule has 1 fully saturated rings. The van der Waals surface area contributed by atoms with Crippen LogP contribution in [0.4, 0.5) is 5.82 Å². The van der Waals surface area contributed by atoms with Crippen molar-refractivity contribution in [2.75, 3.05) is 31.2 Å². The van der Waals surface area contributed by atoms with E-state index >= 15 is 0 Å². The van der Waals surface area contributed by atoms with Crippen molar-refractivity contribution in [2.45, 2.75) is 13.8 Å². The molecule has 3 heterocycles. The molecule has 1 saturated heterocycles. The van der Waals surface area contributed by atoms with Gasteiger partial charge in [0.1, 0.15) is 0 Å². The van der Waals surface area contributed by atoms with Crippen LogP contribution in [0.1, 0.15) is 11.4 Å². The van der Waals surface area contributed by atoms with Crippen LogP contribution < -0.4 is 4.90 Å². The fraction of sp³-hybridized carbons (Fsp3) is 0.462. The third-order valence-corrected chi connectivity index (χ3v) is 3.18. The van der Waals surface area contributed by atoms with Crippen molar-refractivity contribution < 1.29 is 4.74 Å². The van der Waals surface area contributed by atoms with Gasteiger partial charge in [-0.15, -0.1) is 0 Å². The van der Waals surface area contributed by atoms with E-state index in [0.29, 0.717) is 0 Å². The lowest BCUT2D eigenvalue weighted by molar-refractivity contribution is 0.122. The first-order chi connectivity index (χ1) is 9.25. The van der Waals surface area contributed by atoms with Crippen molar-refractivity contribution in [3.05, 3.63) is 29.8 Å². The minimum absolute atomic E-state index is 0.729. The zero-order valence-electron chi connectivity index (χ0n) is 11.2. The molecule has 3 rings (SSSR count). The average Bonchev–Trinajstić information content (AvgIpc) is 2.79. The maximum Gasteiger partial charge on any atom is 0.197 e. The summed E-state index contributed by atoms with van der Waals surface area (Å²) in [4.78, 5) is 11.1. The fourth-order valence-corrected chi connectivity index (χ4v) is 2.31. The highest BCUT2D eigenvalue weighted by Crippen LogP contribution is 2.21. The third kappa shape index (κ3) is 2.31. The van der Waals surface area contributed by atoms with Gasteiger partial charge >= 0.3 is 0 Å². The van der Waals surface area contributed by atoms with Crippen molar-refractivity contribution in [3.8, 4) is 5.82 Å². The Labute approximate surface area is 112 Å². The second-order valence-corrected chi connectivity index (χ2v) is 4.64. The molecular formula is C13H17N5O. The highest BCUT2D eigenvalue weighted by molar-refractivity contribution is 5.53. The van der Waals surface area contributed by atoms with E-state index in [2.05, 4.69) is 20.0 Å². The van der Waals surface area contributed by atoms with Crippen molar-refractivity contribution >= 4 is 5.82 Å². The molecule has 1 aliphatic rings. The Kier molecular flexibility index (Phi) is 3.16. The number of ether oxygens (including phenoxy) is 1. The van der Waals surface area contributed by atoms with Crippen molar-refractivity contribution in [3.63, 3.8) is 0 Å². The van der Waals surface area contributed by atoms with E-state index in [-0.39, 0.29) is 0 Å². The topological polar surface area (TPSA) is 56.1 Å². The van der Waals surface area contributed by atoms with Crippen LogP contribution in [0.5, 0.6) is 0 Å². The molecule has 100 valence electrons. The Morgan fingerprint density at radius 2 is 1.74 bits per heavy atom. The Morgan fingerprint density at radius 1 is 1.05 bits per heavy atom. The number of hydrogen-bond donors (Lipinski definition) is 0. The number of aromatic nitrogens is 4. The Morgan fingerprint density at radius 3 is 2.37 bits per heavy atom. The minimum Gasteiger partial charge on any atom is -0.378 e. The molecule has 6 nitrogen and oxygen atoms in total. The summed E-state index contributed by atoms with van der Waals surface area (Å²) in [6.45, 7) is 7.14. The van der Waals surface area contributed by atoms with Crippen molar-refractivity contribution in [1.82, 2.24) is 19.7 Å². The quantitative estimate of drug-likeness (QED) is 0.809. The number of aryl methyl sites for hydroxylation is 2. The van der Waals surface area contributed by atoms with Crippen molar-refractivity contribution in [1.29, 1.82) is 0 Å². The van der Waals surface area contributed by atoms with Crippen LogP contribution in [0, 0.1) is 13.8 Å². The van der Waals surface area contributed by atoms with Gasteiger partial charge in [0.05, 0.1) is 18.9 Å². The van der Waals surface area contributed by atoms with Gasteiger partial charge in [0.15, 0.2) is 11.6 Å². The van der Waals surface area contributed by atoms with Gasteiger partial charge in [-0.25, -0.2) is 14.6 Å². The molecule has 0 aliphatic carbocycles. The fourth-order valence-electron chi connectivity index (χ4n) is 2.31. The van der Waals surface area contributed by atoms with Gasteiger partial charge in [-0.3, -0.25) is 0 Å². The Bertz CT molecular complexity index is 574. The van der Waals surface area contributed by atoms with Crippen LogP contribution in [0.2, 0.25) is 0 Å². The number of nitrogens with zero attached hydrogens (tertiary/aromatic N) is 5. The summed E-state index contributed by atoms with van der Waals surface area (Å²) >= 11 is 0. The molecule has 2 aromatic rings. The minimum atomic E-state index is 0.729. The summed E-state index contributed by atoms with van der Waals surface area (Å²) in [6, 6.07) is 2.04. The van der Waals surface area contributed by atoms with E-state index in [1.807, 2.05) is 24.6 Å². The molecule has 0 aromatic carbocycles. The lowest BCUT2D eigenvalue weighted by atomic mass is 10.4. The maximum atomic E-state index is 5.38. The summed E-state index contributed by atoms with van der Waals surface area (Å²) in [7, 11) is 0. The highest BCUT2D eigenvalue weighted by atomic mass is 16.5. The van der Waals surface area contributed by atoms with Crippen LogP contribution in [0.3, 0.4) is 0 Å². The first-order valence-electron chi connectivity index (χ1n) is 6.43. The molecule has 1 aliphatic heterocycles. The standard InChI is InChI=1S/C13H17N5O/c1-10-9-11(2)18(16-10)13-12(14-3-4-15-13)17-5-7-19-8-6-17/h3-4,9H,5-8H2,1-2H3. The average molecular weight is 259 g/mol. The molecule has 0 unspecified atom stereocenters. The van der Waals surface area contributed by atoms with Crippen LogP contribution in [-0.4, -0.2) is 46.1 Å². The number of morpholine rings is 1. The molecule has 0 saturated carbocycles. The number of anilines is 1. The van der Waals surface area contributed by atoms with E-state index in [1.165, 1.54) is 0 Å². The van der Waals surface area contributed by atoms with Gasteiger partial charge < -0.3 is 9.64 Å². The van der Waals surface area contributed by atoms with Crippen LogP contribution in [0.25, 0.3) is 5.82 Å². The van der Waals surface area contributed by atoms with E-state index in [1.54, 1.807) is 12.4 Å². The second kappa shape index (κ2) is 4.97. The van der Waals surface area contributed by atoms with E-state index in [9.17, 15) is 0 Å². The van der Waals surface area contributed by atoms with Gasteiger partial charge in [0.25, 0.3) is 0 Å². The summed E-state index contributed by atoms with van der Waals surface area (Å²) in [5.74, 6) is 1.66. The first kappa shape index (κ1) is 12.1. The second-order valence-electron chi connectivity index (χ2n) is 4.64. The number of hydrogen-bond acceptors (Lipinski definition) is 5. The van der Waals surface area contributed by atoms with Crippen LogP contribution in [0.15, 0.2) is 18.5 Å². The van der Waals surface area contributed by atoms with Gasteiger partial charge in [-0.2, -0.15) is 5.10 Å². The summed E-state index contributed by atoms with van der Waals surface area (Å²) in [5.41, 5.74) is 2.04. The van der Waals surface area contributed by atoms with Crippen LogP contribution >= 0.6 is 0 Å². The van der Waals surface area contributed by atoms with Gasteiger partial charge in [-0.1, -0.05) is 0 Å². The molecule has 2 aromatic heterocycles. The molecule has 19 heavy (non-hydrogen) atoms. The largest absolute Gasteiger partial charge is 0.378 e. The van der Waals surface area contributed by atoms with E-state index < -0.39 is 0 Å². The molecular weight excluding hydrogens is 242 g/mol. The first-order valence-corrected chi connectivity index (χ1v) is 6.43. The Hall–Kier alpha value is -1.95. The van der Waals surface area contributed by atoms with E-state index in [0.717, 1.165) is 49.3 Å². The monoisotopic (exact) mass is 259 g/mol. The lowest BCUT2D eigenvalue weighted by Gasteiger charge is -2.28. The Balaban J connectivity index is 2.03. The zero-order chi connectivity index (χ0) is 13.2. The summed E-state index contributed by atoms with van der Waals surface area (Å²) in [5, 5.41) is 4.49. The highest BCUT2D eigenvalue weighted by Gasteiger charge is 2.19. The molecule has 0 bridgehead atoms. The maximum absolute atomic E-state index is 5.38. The zero-order valence-corrected chi connectivity index (χ0v) is 11.2. The molecule has 0 atom stereocenters.